The van der Waals surface area contributed by atoms with Gasteiger partial charge in [0.1, 0.15) is 0 Å². The largest absolute Gasteiger partial charge is 0.352 e. The molecule has 0 radical (unpaired) electrons. The average Bonchev–Trinajstić information content (AvgIpc) is 2.97. The standard InChI is InChI=1S/C14H18N4O/c1-15-9-7-14(19)16-11-12-3-5-13(6-4-12)18-10-2-8-17-18/h2-6,8,10,15H,7,9,11H2,1H3,(H,16,19). The molecule has 0 saturated heterocycles. The molecule has 0 fully saturated rings. The van der Waals surface area contributed by atoms with E-state index in [9.17, 15) is 4.79 Å². The van der Waals surface area contributed by atoms with Gasteiger partial charge in [-0.05, 0) is 30.8 Å². The zero-order valence-electron chi connectivity index (χ0n) is 11.0. The van der Waals surface area contributed by atoms with E-state index in [-0.39, 0.29) is 5.91 Å². The van der Waals surface area contributed by atoms with Crippen LogP contribution in [-0.4, -0.2) is 29.3 Å². The molecule has 2 rings (SSSR count). The van der Waals surface area contributed by atoms with E-state index in [0.717, 1.165) is 11.3 Å². The molecule has 1 aromatic heterocycles. The van der Waals surface area contributed by atoms with Crippen LogP contribution >= 0.6 is 0 Å². The number of benzene rings is 1. The third-order valence-electron chi connectivity index (χ3n) is 2.80. The third-order valence-corrected chi connectivity index (χ3v) is 2.80. The Morgan fingerprint density at radius 3 is 2.74 bits per heavy atom. The molecule has 0 unspecified atom stereocenters. The lowest BCUT2D eigenvalue weighted by Gasteiger charge is -2.06. The number of carbonyl (C=O) groups excluding carboxylic acids is 1. The van der Waals surface area contributed by atoms with Gasteiger partial charge in [-0.15, -0.1) is 0 Å². The van der Waals surface area contributed by atoms with Gasteiger partial charge in [0, 0.05) is 31.9 Å². The van der Waals surface area contributed by atoms with Crippen molar-refractivity contribution in [3.63, 3.8) is 0 Å². The molecule has 5 nitrogen and oxygen atoms in total. The first-order valence-corrected chi connectivity index (χ1v) is 6.30. The second-order valence-corrected chi connectivity index (χ2v) is 4.25. The molecule has 0 aliphatic carbocycles. The number of amides is 1. The van der Waals surface area contributed by atoms with Gasteiger partial charge in [-0.25, -0.2) is 4.68 Å². The highest BCUT2D eigenvalue weighted by Gasteiger charge is 2.01. The average molecular weight is 258 g/mol. The minimum absolute atomic E-state index is 0.0607. The Hall–Kier alpha value is -2.14. The van der Waals surface area contributed by atoms with Crippen molar-refractivity contribution in [1.82, 2.24) is 20.4 Å². The van der Waals surface area contributed by atoms with Crippen molar-refractivity contribution in [3.05, 3.63) is 48.3 Å². The Kier molecular flexibility index (Phi) is 4.69. The predicted molar refractivity (Wildman–Crippen MR) is 74.0 cm³/mol. The van der Waals surface area contributed by atoms with Crippen molar-refractivity contribution in [2.45, 2.75) is 13.0 Å². The molecule has 0 aliphatic rings. The van der Waals surface area contributed by atoms with Crippen LogP contribution in [0.5, 0.6) is 0 Å². The SMILES string of the molecule is CNCCC(=O)NCc1ccc(-n2cccn2)cc1. The topological polar surface area (TPSA) is 59.0 Å². The maximum absolute atomic E-state index is 11.5. The molecular weight excluding hydrogens is 240 g/mol. The van der Waals surface area contributed by atoms with E-state index in [1.165, 1.54) is 0 Å². The molecule has 0 saturated carbocycles. The molecule has 0 spiro atoms. The van der Waals surface area contributed by atoms with Crippen LogP contribution in [0.25, 0.3) is 5.69 Å². The Bertz CT molecular complexity index is 505. The molecule has 5 heteroatoms. The molecule has 0 bridgehead atoms. The molecule has 2 N–H and O–H groups in total. The van der Waals surface area contributed by atoms with Crippen LogP contribution in [0.4, 0.5) is 0 Å². The summed E-state index contributed by atoms with van der Waals surface area (Å²) in [6.45, 7) is 1.26. The molecule has 1 amide bonds. The number of aromatic nitrogens is 2. The fraction of sp³-hybridized carbons (Fsp3) is 0.286. The van der Waals surface area contributed by atoms with Crippen LogP contribution in [-0.2, 0) is 11.3 Å². The van der Waals surface area contributed by atoms with Gasteiger partial charge in [0.2, 0.25) is 5.91 Å². The fourth-order valence-corrected chi connectivity index (χ4v) is 1.72. The maximum atomic E-state index is 11.5. The molecular formula is C14H18N4O. The van der Waals surface area contributed by atoms with Gasteiger partial charge in [-0.3, -0.25) is 4.79 Å². The van der Waals surface area contributed by atoms with Gasteiger partial charge >= 0.3 is 0 Å². The Balaban J connectivity index is 1.87. The Labute approximate surface area is 112 Å². The number of hydrogen-bond acceptors (Lipinski definition) is 3. The second-order valence-electron chi connectivity index (χ2n) is 4.25. The van der Waals surface area contributed by atoms with Crippen molar-refractivity contribution in [1.29, 1.82) is 0 Å². The first kappa shape index (κ1) is 13.3. The second kappa shape index (κ2) is 6.70. The molecule has 2 aromatic rings. The molecule has 1 aromatic carbocycles. The minimum Gasteiger partial charge on any atom is -0.352 e. The lowest BCUT2D eigenvalue weighted by atomic mass is 10.2. The maximum Gasteiger partial charge on any atom is 0.221 e. The highest BCUT2D eigenvalue weighted by atomic mass is 16.1. The quantitative estimate of drug-likeness (QED) is 0.815. The van der Waals surface area contributed by atoms with E-state index < -0.39 is 0 Å². The molecule has 0 aliphatic heterocycles. The minimum atomic E-state index is 0.0607. The van der Waals surface area contributed by atoms with Crippen molar-refractivity contribution >= 4 is 5.91 Å². The zero-order valence-corrected chi connectivity index (χ0v) is 11.0. The first-order chi connectivity index (χ1) is 9.29. The summed E-state index contributed by atoms with van der Waals surface area (Å²) in [7, 11) is 1.83. The summed E-state index contributed by atoms with van der Waals surface area (Å²) < 4.78 is 1.80. The van der Waals surface area contributed by atoms with Crippen LogP contribution in [0.1, 0.15) is 12.0 Å². The number of rotatable bonds is 6. The van der Waals surface area contributed by atoms with Crippen molar-refractivity contribution < 1.29 is 4.79 Å². The van der Waals surface area contributed by atoms with E-state index in [4.69, 9.17) is 0 Å². The number of nitrogens with zero attached hydrogens (tertiary/aromatic N) is 2. The van der Waals surface area contributed by atoms with E-state index in [1.807, 2.05) is 43.6 Å². The van der Waals surface area contributed by atoms with Crippen LogP contribution in [0.3, 0.4) is 0 Å². The molecule has 0 atom stereocenters. The van der Waals surface area contributed by atoms with Crippen molar-refractivity contribution in [3.8, 4) is 5.69 Å². The molecule has 1 heterocycles. The first-order valence-electron chi connectivity index (χ1n) is 6.30. The van der Waals surface area contributed by atoms with Crippen LogP contribution in [0, 0.1) is 0 Å². The van der Waals surface area contributed by atoms with E-state index in [1.54, 1.807) is 10.9 Å². The van der Waals surface area contributed by atoms with Gasteiger partial charge in [-0.2, -0.15) is 5.10 Å². The highest BCUT2D eigenvalue weighted by molar-refractivity contribution is 5.76. The lowest BCUT2D eigenvalue weighted by Crippen LogP contribution is -2.26. The van der Waals surface area contributed by atoms with E-state index >= 15 is 0 Å². The van der Waals surface area contributed by atoms with Gasteiger partial charge in [0.15, 0.2) is 0 Å². The summed E-state index contributed by atoms with van der Waals surface area (Å²) >= 11 is 0. The third kappa shape index (κ3) is 3.93. The van der Waals surface area contributed by atoms with Crippen molar-refractivity contribution in [2.24, 2.45) is 0 Å². The zero-order chi connectivity index (χ0) is 13.5. The summed E-state index contributed by atoms with van der Waals surface area (Å²) in [6.07, 6.45) is 4.15. The number of hydrogen-bond donors (Lipinski definition) is 2. The van der Waals surface area contributed by atoms with Crippen molar-refractivity contribution in [2.75, 3.05) is 13.6 Å². The normalized spacial score (nSPS) is 10.4. The van der Waals surface area contributed by atoms with Gasteiger partial charge in [-0.1, -0.05) is 12.1 Å². The molecule has 19 heavy (non-hydrogen) atoms. The summed E-state index contributed by atoms with van der Waals surface area (Å²) in [4.78, 5) is 11.5. The monoisotopic (exact) mass is 258 g/mol. The van der Waals surface area contributed by atoms with Gasteiger partial charge in [0.05, 0.1) is 5.69 Å². The number of nitrogens with one attached hydrogen (secondary N) is 2. The highest BCUT2D eigenvalue weighted by Crippen LogP contribution is 2.08. The molecule has 100 valence electrons. The van der Waals surface area contributed by atoms with Gasteiger partial charge < -0.3 is 10.6 Å². The van der Waals surface area contributed by atoms with Crippen LogP contribution < -0.4 is 10.6 Å². The predicted octanol–water partition coefficient (Wildman–Crippen LogP) is 1.10. The Morgan fingerprint density at radius 1 is 1.32 bits per heavy atom. The van der Waals surface area contributed by atoms with E-state index in [0.29, 0.717) is 19.5 Å². The summed E-state index contributed by atoms with van der Waals surface area (Å²) in [6, 6.07) is 9.85. The summed E-state index contributed by atoms with van der Waals surface area (Å²) in [5.41, 5.74) is 2.09. The van der Waals surface area contributed by atoms with Gasteiger partial charge in [0.25, 0.3) is 0 Å². The van der Waals surface area contributed by atoms with Crippen LogP contribution in [0.2, 0.25) is 0 Å². The number of carbonyl (C=O) groups is 1. The fourth-order valence-electron chi connectivity index (χ4n) is 1.72. The summed E-state index contributed by atoms with van der Waals surface area (Å²) in [5.74, 6) is 0.0607. The lowest BCUT2D eigenvalue weighted by molar-refractivity contribution is -0.121. The van der Waals surface area contributed by atoms with E-state index in [2.05, 4.69) is 15.7 Å². The van der Waals surface area contributed by atoms with Crippen LogP contribution in [0.15, 0.2) is 42.7 Å². The smallest absolute Gasteiger partial charge is 0.221 e. The Morgan fingerprint density at radius 2 is 2.11 bits per heavy atom. The summed E-state index contributed by atoms with van der Waals surface area (Å²) in [5, 5.41) is 10.0.